The Morgan fingerprint density at radius 1 is 0.679 bits per heavy atom. The zero-order valence-electron chi connectivity index (χ0n) is 30.7. The molecule has 2 heteroatoms. The SMILES string of the molecule is C=C1/C=C\C=C(\c2ccc([N+](=C/C=C3/C4=C(C=C(c5ccccc5)CC4)C(C)(C)/C3=C/C)c3ccc(-c4ccccc4)cc3)cc2)Oc2ccccc21. The van der Waals surface area contributed by atoms with Gasteiger partial charge in [-0.1, -0.05) is 124 Å². The van der Waals surface area contributed by atoms with Gasteiger partial charge in [-0.15, -0.1) is 0 Å². The first-order valence-corrected chi connectivity index (χ1v) is 18.5. The smallest absolute Gasteiger partial charge is 0.211 e. The van der Waals surface area contributed by atoms with Crippen LogP contribution in [0.25, 0.3) is 28.0 Å². The monoisotopic (exact) mass is 686 g/mol. The Kier molecular flexibility index (Phi) is 9.21. The molecule has 0 unspecified atom stereocenters. The van der Waals surface area contributed by atoms with Crippen LogP contribution in [0.2, 0.25) is 0 Å². The van der Waals surface area contributed by atoms with Gasteiger partial charge in [0.25, 0.3) is 0 Å². The van der Waals surface area contributed by atoms with Gasteiger partial charge in [0.1, 0.15) is 11.5 Å². The summed E-state index contributed by atoms with van der Waals surface area (Å²) in [4.78, 5) is 0. The maximum Gasteiger partial charge on any atom is 0.211 e. The minimum Gasteiger partial charge on any atom is -0.456 e. The number of hydrogen-bond donors (Lipinski definition) is 0. The molecular weight excluding hydrogens is 643 g/mol. The summed E-state index contributed by atoms with van der Waals surface area (Å²) in [6.07, 6.45) is 17.5. The zero-order chi connectivity index (χ0) is 36.4. The second kappa shape index (κ2) is 14.4. The Hall–Kier alpha value is -6.25. The van der Waals surface area contributed by atoms with E-state index in [4.69, 9.17) is 4.74 Å². The van der Waals surface area contributed by atoms with E-state index in [0.717, 1.165) is 52.4 Å². The molecule has 0 radical (unpaired) electrons. The highest BCUT2D eigenvalue weighted by molar-refractivity contribution is 5.86. The van der Waals surface area contributed by atoms with Gasteiger partial charge < -0.3 is 4.74 Å². The Bertz CT molecular complexity index is 2410. The van der Waals surface area contributed by atoms with Gasteiger partial charge in [-0.05, 0) is 106 Å². The first-order valence-electron chi connectivity index (χ1n) is 18.5. The standard InChI is InChI=1S/C51H44NO/c1-5-47-46(45-32-27-41(35-48(45)51(47,3)4)38-18-10-7-11-19-38)33-34-52(42-28-23-39(24-29-42)37-16-8-6-9-17-37)43-30-25-40(26-31-43)49-22-14-15-36(2)44-20-12-13-21-50(44)53-49/h5-26,28-31,33-35H,2,27,32H2,1,3-4H3/q+1/b15-14-,46-33-,47-5+,49-22-,52-34?. The predicted molar refractivity (Wildman–Crippen MR) is 225 cm³/mol. The normalized spacial score (nSPS) is 19.8. The van der Waals surface area contributed by atoms with Crippen LogP contribution < -0.4 is 9.31 Å². The van der Waals surface area contributed by atoms with Gasteiger partial charge >= 0.3 is 0 Å². The number of para-hydroxylation sites is 1. The number of hydrogen-bond acceptors (Lipinski definition) is 1. The molecule has 0 spiro atoms. The molecule has 0 amide bonds. The second-order valence-corrected chi connectivity index (χ2v) is 14.3. The summed E-state index contributed by atoms with van der Waals surface area (Å²) >= 11 is 0. The first kappa shape index (κ1) is 33.9. The van der Waals surface area contributed by atoms with E-state index >= 15 is 0 Å². The largest absolute Gasteiger partial charge is 0.456 e. The lowest BCUT2D eigenvalue weighted by Gasteiger charge is -2.25. The molecule has 53 heavy (non-hydrogen) atoms. The minimum absolute atomic E-state index is 0.0846. The topological polar surface area (TPSA) is 12.2 Å². The van der Waals surface area contributed by atoms with E-state index in [1.165, 1.54) is 44.6 Å². The van der Waals surface area contributed by atoms with Crippen LogP contribution in [0.1, 0.15) is 50.3 Å². The van der Waals surface area contributed by atoms with Crippen molar-refractivity contribution in [3.8, 4) is 16.9 Å². The van der Waals surface area contributed by atoms with Crippen LogP contribution in [0.5, 0.6) is 5.75 Å². The van der Waals surface area contributed by atoms with E-state index in [9.17, 15) is 0 Å². The fourth-order valence-electron chi connectivity index (χ4n) is 7.97. The Morgan fingerprint density at radius 3 is 1.96 bits per heavy atom. The number of allylic oxidation sites excluding steroid dienone is 12. The van der Waals surface area contributed by atoms with Crippen molar-refractivity contribution >= 4 is 34.5 Å². The van der Waals surface area contributed by atoms with E-state index in [1.807, 2.05) is 36.4 Å². The van der Waals surface area contributed by atoms with Crippen molar-refractivity contribution in [1.82, 2.24) is 4.58 Å². The van der Waals surface area contributed by atoms with Crippen molar-refractivity contribution in [3.05, 3.63) is 215 Å². The average molecular weight is 687 g/mol. The van der Waals surface area contributed by atoms with Gasteiger partial charge in [-0.25, -0.2) is 0 Å². The summed E-state index contributed by atoms with van der Waals surface area (Å²) in [7, 11) is 0. The van der Waals surface area contributed by atoms with Gasteiger partial charge in [0.15, 0.2) is 6.21 Å². The lowest BCUT2D eigenvalue weighted by atomic mass is 9.78. The zero-order valence-corrected chi connectivity index (χ0v) is 30.7. The van der Waals surface area contributed by atoms with E-state index < -0.39 is 0 Å². The molecule has 5 aromatic carbocycles. The molecule has 0 atom stereocenters. The molecule has 1 aliphatic heterocycles. The van der Waals surface area contributed by atoms with E-state index in [-0.39, 0.29) is 5.41 Å². The summed E-state index contributed by atoms with van der Waals surface area (Å²) in [5, 5.41) is 0. The number of nitrogens with zero attached hydrogens (tertiary/aromatic N) is 1. The predicted octanol–water partition coefficient (Wildman–Crippen LogP) is 13.3. The highest BCUT2D eigenvalue weighted by Crippen LogP contribution is 2.54. The van der Waals surface area contributed by atoms with Crippen molar-refractivity contribution in [2.24, 2.45) is 5.41 Å². The maximum absolute atomic E-state index is 6.48. The van der Waals surface area contributed by atoms with Crippen LogP contribution in [0, 0.1) is 5.41 Å². The highest BCUT2D eigenvalue weighted by atomic mass is 16.5. The van der Waals surface area contributed by atoms with Crippen LogP contribution in [0.15, 0.2) is 199 Å². The van der Waals surface area contributed by atoms with Gasteiger partial charge in [-0.2, -0.15) is 4.58 Å². The molecule has 0 saturated heterocycles. The van der Waals surface area contributed by atoms with Crippen molar-refractivity contribution in [2.45, 2.75) is 33.6 Å². The molecule has 2 aliphatic carbocycles. The molecule has 0 N–H and O–H groups in total. The average Bonchev–Trinajstić information content (AvgIpc) is 3.42. The van der Waals surface area contributed by atoms with Gasteiger partial charge in [-0.3, -0.25) is 0 Å². The molecule has 0 bridgehead atoms. The quantitative estimate of drug-likeness (QED) is 0.128. The van der Waals surface area contributed by atoms with Crippen LogP contribution in [-0.4, -0.2) is 6.21 Å². The summed E-state index contributed by atoms with van der Waals surface area (Å²) in [6, 6.07) is 47.0. The van der Waals surface area contributed by atoms with Gasteiger partial charge in [0.2, 0.25) is 11.4 Å². The molecule has 1 heterocycles. The maximum atomic E-state index is 6.48. The lowest BCUT2D eigenvalue weighted by molar-refractivity contribution is 0.513. The summed E-state index contributed by atoms with van der Waals surface area (Å²) in [6.45, 7) is 11.1. The molecule has 0 fully saturated rings. The van der Waals surface area contributed by atoms with Crippen molar-refractivity contribution < 1.29 is 4.74 Å². The number of benzene rings is 5. The Labute approximate surface area is 314 Å². The third kappa shape index (κ3) is 6.65. The van der Waals surface area contributed by atoms with E-state index in [1.54, 1.807) is 0 Å². The fourth-order valence-corrected chi connectivity index (χ4v) is 7.97. The van der Waals surface area contributed by atoms with Crippen molar-refractivity contribution in [2.75, 3.05) is 0 Å². The minimum atomic E-state index is -0.0846. The van der Waals surface area contributed by atoms with Gasteiger partial charge in [0.05, 0.1) is 0 Å². The molecule has 0 aromatic heterocycles. The third-order valence-corrected chi connectivity index (χ3v) is 10.8. The molecular formula is C51H44NO+. The van der Waals surface area contributed by atoms with E-state index in [0.29, 0.717) is 0 Å². The third-order valence-electron chi connectivity index (χ3n) is 10.8. The lowest BCUT2D eigenvalue weighted by Crippen LogP contribution is -2.13. The van der Waals surface area contributed by atoms with E-state index in [2.05, 4.69) is 172 Å². The second-order valence-electron chi connectivity index (χ2n) is 14.3. The Morgan fingerprint density at radius 2 is 1.28 bits per heavy atom. The number of fused-ring (bicyclic) bond motifs is 1. The number of rotatable bonds is 6. The molecule has 2 nitrogen and oxygen atoms in total. The van der Waals surface area contributed by atoms with Crippen molar-refractivity contribution in [1.29, 1.82) is 0 Å². The highest BCUT2D eigenvalue weighted by Gasteiger charge is 2.40. The number of ether oxygens (including phenoxy) is 1. The van der Waals surface area contributed by atoms with Crippen LogP contribution in [0.4, 0.5) is 11.4 Å². The molecule has 0 saturated carbocycles. The van der Waals surface area contributed by atoms with Crippen LogP contribution in [0.3, 0.4) is 0 Å². The van der Waals surface area contributed by atoms with Crippen molar-refractivity contribution in [3.63, 3.8) is 0 Å². The summed E-state index contributed by atoms with van der Waals surface area (Å²) < 4.78 is 8.78. The van der Waals surface area contributed by atoms with Crippen LogP contribution >= 0.6 is 0 Å². The first-order chi connectivity index (χ1) is 25.9. The summed E-state index contributed by atoms with van der Waals surface area (Å²) in [5.74, 6) is 1.60. The molecule has 3 aliphatic rings. The Balaban J connectivity index is 1.20. The summed E-state index contributed by atoms with van der Waals surface area (Å²) in [5.41, 5.74) is 15.8. The molecule has 8 rings (SSSR count). The molecule has 5 aromatic rings. The molecule has 258 valence electrons. The fraction of sp³-hybridized carbons (Fsp3) is 0.118. The van der Waals surface area contributed by atoms with Crippen LogP contribution in [-0.2, 0) is 0 Å². The van der Waals surface area contributed by atoms with Gasteiger partial charge in [0, 0.05) is 46.9 Å².